The van der Waals surface area contributed by atoms with Crippen LogP contribution in [0.2, 0.25) is 5.02 Å². The molecule has 6 nitrogen and oxygen atoms in total. The molecule has 1 amide bonds. The average Bonchev–Trinajstić information content (AvgIpc) is 2.65. The minimum atomic E-state index is -0.521. The number of carbonyl (C=O) groups is 2. The van der Waals surface area contributed by atoms with Crippen molar-refractivity contribution < 1.29 is 19.1 Å². The van der Waals surface area contributed by atoms with E-state index in [9.17, 15) is 14.9 Å². The molecule has 0 bridgehead atoms. The zero-order valence-corrected chi connectivity index (χ0v) is 16.2. The van der Waals surface area contributed by atoms with Crippen molar-refractivity contribution in [3.05, 3.63) is 64.2 Å². The highest BCUT2D eigenvalue weighted by Gasteiger charge is 2.11. The molecule has 1 N–H and O–H groups in total. The van der Waals surface area contributed by atoms with E-state index in [1.165, 1.54) is 6.08 Å². The van der Waals surface area contributed by atoms with E-state index in [-0.39, 0.29) is 23.8 Å². The first-order chi connectivity index (χ1) is 13.4. The number of halogens is 1. The Morgan fingerprint density at radius 2 is 2.04 bits per heavy atom. The highest BCUT2D eigenvalue weighted by atomic mass is 35.5. The van der Waals surface area contributed by atoms with Gasteiger partial charge in [-0.2, -0.15) is 5.26 Å². The molecule has 0 spiro atoms. The van der Waals surface area contributed by atoms with Crippen LogP contribution >= 0.6 is 11.6 Å². The van der Waals surface area contributed by atoms with Crippen molar-refractivity contribution in [2.45, 2.75) is 13.8 Å². The number of benzene rings is 2. The van der Waals surface area contributed by atoms with Crippen LogP contribution in [0.25, 0.3) is 6.08 Å². The average molecular weight is 399 g/mol. The molecular weight excluding hydrogens is 380 g/mol. The minimum Gasteiger partial charge on any atom is -0.480 e. The molecule has 0 heterocycles. The monoisotopic (exact) mass is 398 g/mol. The van der Waals surface area contributed by atoms with Crippen LogP contribution in [0.3, 0.4) is 0 Å². The molecule has 0 fully saturated rings. The summed E-state index contributed by atoms with van der Waals surface area (Å²) in [6.07, 6.45) is 1.42. The summed E-state index contributed by atoms with van der Waals surface area (Å²) in [5, 5.41) is 12.3. The van der Waals surface area contributed by atoms with Crippen molar-refractivity contribution in [2.75, 3.05) is 18.5 Å². The Morgan fingerprint density at radius 1 is 1.25 bits per heavy atom. The third-order valence-corrected chi connectivity index (χ3v) is 3.85. The largest absolute Gasteiger partial charge is 0.480 e. The van der Waals surface area contributed by atoms with Gasteiger partial charge in [0.15, 0.2) is 6.61 Å². The first-order valence-electron chi connectivity index (χ1n) is 8.50. The summed E-state index contributed by atoms with van der Waals surface area (Å²) in [5.41, 5.74) is 2.07. The number of nitrogens with one attached hydrogen (secondary N) is 1. The molecule has 2 rings (SSSR count). The molecule has 7 heteroatoms. The van der Waals surface area contributed by atoms with Crippen LogP contribution in [0.1, 0.15) is 18.1 Å². The van der Waals surface area contributed by atoms with Crippen LogP contribution in [0.15, 0.2) is 48.0 Å². The molecule has 0 atom stereocenters. The number of amides is 1. The van der Waals surface area contributed by atoms with Gasteiger partial charge >= 0.3 is 5.97 Å². The summed E-state index contributed by atoms with van der Waals surface area (Å²) in [5.74, 6) is -0.719. The first kappa shape index (κ1) is 21.0. The molecule has 0 saturated carbocycles. The van der Waals surface area contributed by atoms with Gasteiger partial charge in [-0.15, -0.1) is 0 Å². The van der Waals surface area contributed by atoms with E-state index in [0.29, 0.717) is 17.0 Å². The van der Waals surface area contributed by atoms with Gasteiger partial charge in [0, 0.05) is 5.69 Å². The Hall–Kier alpha value is -3.30. The molecule has 2 aromatic carbocycles. The van der Waals surface area contributed by atoms with E-state index >= 15 is 0 Å². The third-order valence-electron chi connectivity index (χ3n) is 3.56. The summed E-state index contributed by atoms with van der Waals surface area (Å²) in [4.78, 5) is 23.7. The SMILES string of the molecule is CCOC(=O)COc1ccc(/C=C(\C#N)C(=O)Nc2cccc(C)c2)cc1Cl. The summed E-state index contributed by atoms with van der Waals surface area (Å²) in [6.45, 7) is 3.62. The predicted octanol–water partition coefficient (Wildman–Crippen LogP) is 4.14. The molecule has 0 unspecified atom stereocenters. The van der Waals surface area contributed by atoms with Gasteiger partial charge in [-0.1, -0.05) is 29.8 Å². The van der Waals surface area contributed by atoms with Gasteiger partial charge in [-0.05, 0) is 55.3 Å². The lowest BCUT2D eigenvalue weighted by atomic mass is 10.1. The van der Waals surface area contributed by atoms with E-state index in [0.717, 1.165) is 5.56 Å². The van der Waals surface area contributed by atoms with Gasteiger partial charge < -0.3 is 14.8 Å². The zero-order valence-electron chi connectivity index (χ0n) is 15.5. The van der Waals surface area contributed by atoms with Crippen LogP contribution < -0.4 is 10.1 Å². The molecule has 0 aliphatic rings. The molecule has 0 aliphatic heterocycles. The first-order valence-corrected chi connectivity index (χ1v) is 8.88. The van der Waals surface area contributed by atoms with E-state index in [1.54, 1.807) is 37.3 Å². The van der Waals surface area contributed by atoms with Gasteiger partial charge in [-0.3, -0.25) is 4.79 Å². The normalized spacial score (nSPS) is 10.7. The quantitative estimate of drug-likeness (QED) is 0.430. The zero-order chi connectivity index (χ0) is 20.5. The second-order valence-corrected chi connectivity index (χ2v) is 6.18. The number of aryl methyl sites for hydroxylation is 1. The lowest BCUT2D eigenvalue weighted by Gasteiger charge is -2.08. The Bertz CT molecular complexity index is 948. The van der Waals surface area contributed by atoms with Crippen molar-refractivity contribution in [1.29, 1.82) is 5.26 Å². The van der Waals surface area contributed by atoms with Crippen molar-refractivity contribution in [3.63, 3.8) is 0 Å². The molecule has 0 radical (unpaired) electrons. The van der Waals surface area contributed by atoms with Crippen LogP contribution in [0, 0.1) is 18.3 Å². The Labute approximate surface area is 168 Å². The molecule has 0 aromatic heterocycles. The molecule has 2 aromatic rings. The van der Waals surface area contributed by atoms with Crippen molar-refractivity contribution in [3.8, 4) is 11.8 Å². The Kier molecular flexibility index (Phi) is 7.61. The fourth-order valence-corrected chi connectivity index (χ4v) is 2.54. The number of hydrogen-bond donors (Lipinski definition) is 1. The predicted molar refractivity (Wildman–Crippen MR) is 107 cm³/mol. The number of anilines is 1. The fourth-order valence-electron chi connectivity index (χ4n) is 2.30. The second kappa shape index (κ2) is 10.1. The number of carbonyl (C=O) groups excluding carboxylic acids is 2. The topological polar surface area (TPSA) is 88.4 Å². The molecule has 0 aliphatic carbocycles. The lowest BCUT2D eigenvalue weighted by molar-refractivity contribution is -0.145. The van der Waals surface area contributed by atoms with Gasteiger partial charge in [0.25, 0.3) is 5.91 Å². The van der Waals surface area contributed by atoms with Crippen molar-refractivity contribution in [2.24, 2.45) is 0 Å². The van der Waals surface area contributed by atoms with Crippen molar-refractivity contribution >= 4 is 35.2 Å². The van der Waals surface area contributed by atoms with Gasteiger partial charge in [0.1, 0.15) is 17.4 Å². The second-order valence-electron chi connectivity index (χ2n) is 5.78. The van der Waals surface area contributed by atoms with Crippen LogP contribution in [0.5, 0.6) is 5.75 Å². The van der Waals surface area contributed by atoms with E-state index in [4.69, 9.17) is 21.1 Å². The summed E-state index contributed by atoms with van der Waals surface area (Å²) in [6, 6.07) is 13.9. The van der Waals surface area contributed by atoms with Crippen LogP contribution in [-0.2, 0) is 14.3 Å². The van der Waals surface area contributed by atoms with Crippen molar-refractivity contribution in [1.82, 2.24) is 0 Å². The maximum atomic E-state index is 12.3. The Balaban J connectivity index is 2.11. The molecule has 0 saturated heterocycles. The third kappa shape index (κ3) is 6.15. The van der Waals surface area contributed by atoms with Crippen LogP contribution in [-0.4, -0.2) is 25.1 Å². The summed E-state index contributed by atoms with van der Waals surface area (Å²) in [7, 11) is 0. The number of rotatable bonds is 7. The van der Waals surface area contributed by atoms with E-state index < -0.39 is 11.9 Å². The summed E-state index contributed by atoms with van der Waals surface area (Å²) >= 11 is 6.15. The molecular formula is C21H19ClN2O4. The van der Waals surface area contributed by atoms with Gasteiger partial charge in [0.2, 0.25) is 0 Å². The minimum absolute atomic E-state index is 0.0715. The number of esters is 1. The highest BCUT2D eigenvalue weighted by Crippen LogP contribution is 2.26. The number of hydrogen-bond acceptors (Lipinski definition) is 5. The number of nitrogens with zero attached hydrogens (tertiary/aromatic N) is 1. The summed E-state index contributed by atoms with van der Waals surface area (Å²) < 4.78 is 10.1. The lowest BCUT2D eigenvalue weighted by Crippen LogP contribution is -2.14. The molecule has 144 valence electrons. The van der Waals surface area contributed by atoms with E-state index in [2.05, 4.69) is 5.32 Å². The van der Waals surface area contributed by atoms with Crippen LogP contribution in [0.4, 0.5) is 5.69 Å². The highest BCUT2D eigenvalue weighted by molar-refractivity contribution is 6.32. The van der Waals surface area contributed by atoms with Gasteiger partial charge in [0.05, 0.1) is 11.6 Å². The fraction of sp³-hybridized carbons (Fsp3) is 0.190. The van der Waals surface area contributed by atoms with E-state index in [1.807, 2.05) is 25.1 Å². The molecule has 28 heavy (non-hydrogen) atoms. The van der Waals surface area contributed by atoms with Gasteiger partial charge in [-0.25, -0.2) is 4.79 Å². The number of ether oxygens (including phenoxy) is 2. The Morgan fingerprint density at radius 3 is 2.68 bits per heavy atom. The standard InChI is InChI=1S/C21H19ClN2O4/c1-3-27-20(25)13-28-19-8-7-15(11-18(19)22)10-16(12-23)21(26)24-17-6-4-5-14(2)9-17/h4-11H,3,13H2,1-2H3,(H,24,26)/b16-10+. The maximum absolute atomic E-state index is 12.3. The number of nitriles is 1. The maximum Gasteiger partial charge on any atom is 0.344 e. The smallest absolute Gasteiger partial charge is 0.344 e.